The molecule has 4 rings (SSSR count). The van der Waals surface area contributed by atoms with Gasteiger partial charge in [0, 0.05) is 6.54 Å². The van der Waals surface area contributed by atoms with Gasteiger partial charge in [0.15, 0.2) is 23.0 Å². The Labute approximate surface area is 154 Å². The third-order valence-electron chi connectivity index (χ3n) is 4.78. The van der Waals surface area contributed by atoms with Gasteiger partial charge in [0.05, 0.1) is 19.8 Å². The van der Waals surface area contributed by atoms with Crippen LogP contribution in [0.1, 0.15) is 36.6 Å². The highest BCUT2D eigenvalue weighted by Gasteiger charge is 2.26. The fourth-order valence-electron chi connectivity index (χ4n) is 3.48. The summed E-state index contributed by atoms with van der Waals surface area (Å²) in [6.07, 6.45) is 0.981. The molecule has 5 nitrogen and oxygen atoms in total. The predicted molar refractivity (Wildman–Crippen MR) is 99.4 cm³/mol. The van der Waals surface area contributed by atoms with E-state index in [4.69, 9.17) is 18.9 Å². The van der Waals surface area contributed by atoms with Gasteiger partial charge in [-0.2, -0.15) is 0 Å². The second-order valence-electron chi connectivity index (χ2n) is 7.16. The number of benzene rings is 2. The van der Waals surface area contributed by atoms with E-state index < -0.39 is 0 Å². The summed E-state index contributed by atoms with van der Waals surface area (Å²) in [5.41, 5.74) is 3.69. The Hall–Kier alpha value is -2.40. The lowest BCUT2D eigenvalue weighted by Gasteiger charge is -2.28. The molecule has 26 heavy (non-hydrogen) atoms. The molecule has 0 bridgehead atoms. The highest BCUT2D eigenvalue weighted by molar-refractivity contribution is 5.54. The van der Waals surface area contributed by atoms with Crippen LogP contribution in [-0.4, -0.2) is 27.1 Å². The van der Waals surface area contributed by atoms with Gasteiger partial charge < -0.3 is 24.3 Å². The quantitative estimate of drug-likeness (QED) is 0.886. The van der Waals surface area contributed by atoms with E-state index >= 15 is 0 Å². The van der Waals surface area contributed by atoms with Crippen molar-refractivity contribution in [1.29, 1.82) is 0 Å². The van der Waals surface area contributed by atoms with E-state index in [1.807, 2.05) is 6.07 Å². The third-order valence-corrected chi connectivity index (χ3v) is 4.78. The summed E-state index contributed by atoms with van der Waals surface area (Å²) < 4.78 is 22.6. The Morgan fingerprint density at radius 2 is 1.92 bits per heavy atom. The van der Waals surface area contributed by atoms with Gasteiger partial charge in [-0.1, -0.05) is 19.9 Å². The van der Waals surface area contributed by atoms with Crippen molar-refractivity contribution >= 4 is 0 Å². The van der Waals surface area contributed by atoms with Crippen LogP contribution in [0.3, 0.4) is 0 Å². The van der Waals surface area contributed by atoms with Crippen molar-refractivity contribution in [1.82, 2.24) is 5.32 Å². The van der Waals surface area contributed by atoms with Crippen molar-refractivity contribution in [3.63, 3.8) is 0 Å². The zero-order valence-corrected chi connectivity index (χ0v) is 15.5. The van der Waals surface area contributed by atoms with Gasteiger partial charge >= 0.3 is 0 Å². The van der Waals surface area contributed by atoms with Crippen LogP contribution in [0.25, 0.3) is 0 Å². The monoisotopic (exact) mass is 355 g/mol. The first-order chi connectivity index (χ1) is 12.7. The minimum atomic E-state index is 0.0984. The maximum atomic E-state index is 5.88. The van der Waals surface area contributed by atoms with Crippen molar-refractivity contribution in [3.8, 4) is 23.0 Å². The fraction of sp³-hybridized carbons (Fsp3) is 0.429. The molecule has 0 saturated carbocycles. The molecule has 0 radical (unpaired) electrons. The highest BCUT2D eigenvalue weighted by Crippen LogP contribution is 2.41. The number of hydrogen-bond acceptors (Lipinski definition) is 5. The Balaban J connectivity index is 1.66. The van der Waals surface area contributed by atoms with Crippen LogP contribution in [0.15, 0.2) is 30.3 Å². The molecule has 2 aliphatic heterocycles. The van der Waals surface area contributed by atoms with Crippen LogP contribution in [0, 0.1) is 5.92 Å². The third kappa shape index (κ3) is 3.19. The highest BCUT2D eigenvalue weighted by atomic mass is 16.7. The average molecular weight is 355 g/mol. The van der Waals surface area contributed by atoms with Gasteiger partial charge in [-0.05, 0) is 53.3 Å². The second kappa shape index (κ2) is 7.08. The van der Waals surface area contributed by atoms with Crippen LogP contribution in [-0.2, 0) is 6.42 Å². The number of nitrogens with one attached hydrogen (secondary N) is 1. The van der Waals surface area contributed by atoms with Crippen molar-refractivity contribution in [2.75, 3.05) is 27.1 Å². The molecule has 2 heterocycles. The second-order valence-corrected chi connectivity index (χ2v) is 7.16. The molecule has 138 valence electrons. The lowest BCUT2D eigenvalue weighted by atomic mass is 9.89. The van der Waals surface area contributed by atoms with E-state index in [1.165, 1.54) is 11.1 Å². The summed E-state index contributed by atoms with van der Waals surface area (Å²) in [7, 11) is 1.68. The lowest BCUT2D eigenvalue weighted by molar-refractivity contribution is 0.174. The Morgan fingerprint density at radius 1 is 1.12 bits per heavy atom. The van der Waals surface area contributed by atoms with Gasteiger partial charge in [0.1, 0.15) is 0 Å². The van der Waals surface area contributed by atoms with E-state index in [0.717, 1.165) is 41.5 Å². The molecule has 0 amide bonds. The Bertz CT molecular complexity index is 803. The molecule has 2 aromatic carbocycles. The number of rotatable bonds is 5. The van der Waals surface area contributed by atoms with Gasteiger partial charge in [-0.3, -0.25) is 0 Å². The zero-order chi connectivity index (χ0) is 18.1. The summed E-state index contributed by atoms with van der Waals surface area (Å²) in [4.78, 5) is 0. The summed E-state index contributed by atoms with van der Waals surface area (Å²) in [6, 6.07) is 10.5. The first kappa shape index (κ1) is 17.0. The first-order valence-corrected chi connectivity index (χ1v) is 9.12. The van der Waals surface area contributed by atoms with E-state index in [0.29, 0.717) is 19.3 Å². The van der Waals surface area contributed by atoms with Crippen molar-refractivity contribution in [2.24, 2.45) is 5.92 Å². The number of hydrogen-bond donors (Lipinski definition) is 1. The predicted octanol–water partition coefficient (Wildman–Crippen LogP) is 3.69. The molecule has 1 atom stereocenters. The molecule has 5 heteroatoms. The Kier molecular flexibility index (Phi) is 4.64. The number of fused-ring (bicyclic) bond motifs is 2. The average Bonchev–Trinajstić information content (AvgIpc) is 3.11. The topological polar surface area (TPSA) is 49.0 Å². The van der Waals surface area contributed by atoms with Gasteiger partial charge in [0.25, 0.3) is 0 Å². The lowest BCUT2D eigenvalue weighted by Crippen LogP contribution is -2.30. The normalized spacial score (nSPS) is 17.9. The number of ether oxygens (including phenoxy) is 4. The molecule has 1 unspecified atom stereocenters. The minimum absolute atomic E-state index is 0.0984. The molecule has 1 N–H and O–H groups in total. The molecule has 0 fully saturated rings. The standard InChI is InChI=1S/C21H25NO4/c1-13(2)11-24-17-5-4-15(9-18(17)23-3)21-16-10-20-19(25-12-26-20)8-14(16)6-7-22-21/h4-5,8-10,13,21-22H,6-7,11-12H2,1-3H3. The van der Waals surface area contributed by atoms with E-state index in [1.54, 1.807) is 7.11 Å². The van der Waals surface area contributed by atoms with E-state index in [9.17, 15) is 0 Å². The maximum absolute atomic E-state index is 5.88. The minimum Gasteiger partial charge on any atom is -0.493 e. The smallest absolute Gasteiger partial charge is 0.231 e. The van der Waals surface area contributed by atoms with Gasteiger partial charge in [-0.25, -0.2) is 0 Å². The Morgan fingerprint density at radius 3 is 2.69 bits per heavy atom. The SMILES string of the molecule is COc1cc(C2NCCc3cc4c(cc32)OCO4)ccc1OCC(C)C. The number of methoxy groups -OCH3 is 1. The summed E-state index contributed by atoms with van der Waals surface area (Å²) in [6.45, 7) is 6.16. The molecule has 0 saturated heterocycles. The fourth-order valence-corrected chi connectivity index (χ4v) is 3.48. The van der Waals surface area contributed by atoms with Crippen LogP contribution >= 0.6 is 0 Å². The molecule has 0 aliphatic carbocycles. The summed E-state index contributed by atoms with van der Waals surface area (Å²) >= 11 is 0. The summed E-state index contributed by atoms with van der Waals surface area (Å²) in [5.74, 6) is 3.68. The van der Waals surface area contributed by atoms with Crippen LogP contribution in [0.4, 0.5) is 0 Å². The van der Waals surface area contributed by atoms with Crippen LogP contribution in [0.5, 0.6) is 23.0 Å². The summed E-state index contributed by atoms with van der Waals surface area (Å²) in [5, 5.41) is 3.61. The van der Waals surface area contributed by atoms with Crippen LogP contribution < -0.4 is 24.3 Å². The molecule has 2 aliphatic rings. The maximum Gasteiger partial charge on any atom is 0.231 e. The molecular formula is C21H25NO4. The molecule has 0 aromatic heterocycles. The van der Waals surface area contributed by atoms with Crippen LogP contribution in [0.2, 0.25) is 0 Å². The van der Waals surface area contributed by atoms with Crippen molar-refractivity contribution < 1.29 is 18.9 Å². The molecule has 0 spiro atoms. The first-order valence-electron chi connectivity index (χ1n) is 9.12. The molecular weight excluding hydrogens is 330 g/mol. The zero-order valence-electron chi connectivity index (χ0n) is 15.5. The van der Waals surface area contributed by atoms with Crippen molar-refractivity contribution in [2.45, 2.75) is 26.3 Å². The van der Waals surface area contributed by atoms with Gasteiger partial charge in [-0.15, -0.1) is 0 Å². The van der Waals surface area contributed by atoms with E-state index in [-0.39, 0.29) is 6.04 Å². The molecule has 2 aromatic rings. The van der Waals surface area contributed by atoms with E-state index in [2.05, 4.69) is 43.4 Å². The van der Waals surface area contributed by atoms with Gasteiger partial charge in [0.2, 0.25) is 6.79 Å². The van der Waals surface area contributed by atoms with Crippen molar-refractivity contribution in [3.05, 3.63) is 47.0 Å². The largest absolute Gasteiger partial charge is 0.493 e.